The van der Waals surface area contributed by atoms with E-state index in [-0.39, 0.29) is 0 Å². The molecule has 84 valence electrons. The largest absolute Gasteiger partial charge is 0.480 e. The molecule has 0 unspecified atom stereocenters. The van der Waals surface area contributed by atoms with Crippen LogP contribution in [0.25, 0.3) is 0 Å². The third-order valence-electron chi connectivity index (χ3n) is 1.32. The predicted octanol–water partition coefficient (Wildman–Crippen LogP) is -0.372. The van der Waals surface area contributed by atoms with Crippen molar-refractivity contribution in [1.82, 2.24) is 0 Å². The van der Waals surface area contributed by atoms with Crippen molar-refractivity contribution in [3.8, 4) is 0 Å². The number of hydrogen-bond donors (Lipinski definition) is 1. The molecule has 1 atom stereocenters. The third-order valence-corrected chi connectivity index (χ3v) is 1.58. The number of oxime groups is 1. The van der Waals surface area contributed by atoms with Gasteiger partial charge in [0.1, 0.15) is 7.11 Å². The van der Waals surface area contributed by atoms with Crippen LogP contribution in [0.2, 0.25) is 0 Å². The van der Waals surface area contributed by atoms with E-state index in [1.807, 2.05) is 0 Å². The molecule has 0 rings (SSSR count). The highest BCUT2D eigenvalue weighted by Crippen LogP contribution is 2.06. The summed E-state index contributed by atoms with van der Waals surface area (Å²) in [5.41, 5.74) is 0. The minimum atomic E-state index is -2.03. The number of halogens is 1. The predicted molar refractivity (Wildman–Crippen MR) is 48.4 cm³/mol. The van der Waals surface area contributed by atoms with Gasteiger partial charge in [0.25, 0.3) is 0 Å². The second kappa shape index (κ2) is 5.97. The molecule has 0 saturated heterocycles. The van der Waals surface area contributed by atoms with Crippen LogP contribution in [0, 0.1) is 5.92 Å². The molecule has 8 heteroatoms. The number of methoxy groups -OCH3 is 1. The molecule has 0 aliphatic rings. The number of Topliss-reactive ketones (excluding diaryl/α,β-unsaturated/α-hetero) is 1. The Balaban J connectivity index is 4.95. The van der Waals surface area contributed by atoms with Crippen LogP contribution in [0.3, 0.4) is 0 Å². The standard InChI is InChI=1S/C7H8ClNO6/c1-14-7(13)3(6(11)12)4(10)5(8)9-15-2/h3H,1-2H3,(H,11,12)/b9-5+/t3-/m0/s1. The summed E-state index contributed by atoms with van der Waals surface area (Å²) in [6.07, 6.45) is 0. The lowest BCUT2D eigenvalue weighted by atomic mass is 10.1. The van der Waals surface area contributed by atoms with E-state index >= 15 is 0 Å². The van der Waals surface area contributed by atoms with Crippen LogP contribution in [0.4, 0.5) is 0 Å². The number of carbonyl (C=O) groups is 3. The molecular weight excluding hydrogens is 230 g/mol. The summed E-state index contributed by atoms with van der Waals surface area (Å²) in [5, 5.41) is 10.9. The van der Waals surface area contributed by atoms with Crippen LogP contribution in [0.1, 0.15) is 0 Å². The van der Waals surface area contributed by atoms with Gasteiger partial charge in [-0.1, -0.05) is 16.8 Å². The topological polar surface area (TPSA) is 102 Å². The summed E-state index contributed by atoms with van der Waals surface area (Å²) in [4.78, 5) is 36.9. The zero-order chi connectivity index (χ0) is 12.0. The lowest BCUT2D eigenvalue weighted by Crippen LogP contribution is -2.35. The maximum absolute atomic E-state index is 11.3. The summed E-state index contributed by atoms with van der Waals surface area (Å²) in [6, 6.07) is 0. The molecule has 0 aliphatic carbocycles. The molecule has 0 spiro atoms. The molecule has 0 aromatic heterocycles. The summed E-state index contributed by atoms with van der Waals surface area (Å²) >= 11 is 5.28. The fourth-order valence-corrected chi connectivity index (χ4v) is 0.860. The number of ketones is 1. The number of carboxylic acids is 1. The summed E-state index contributed by atoms with van der Waals surface area (Å²) < 4.78 is 4.13. The Morgan fingerprint density at radius 3 is 2.20 bits per heavy atom. The molecule has 0 heterocycles. The van der Waals surface area contributed by atoms with Gasteiger partial charge in [-0.05, 0) is 0 Å². The fraction of sp³-hybridized carbons (Fsp3) is 0.429. The van der Waals surface area contributed by atoms with Crippen molar-refractivity contribution < 1.29 is 29.1 Å². The number of ether oxygens (including phenoxy) is 1. The van der Waals surface area contributed by atoms with Gasteiger partial charge in [0.2, 0.25) is 16.9 Å². The van der Waals surface area contributed by atoms with Crippen molar-refractivity contribution in [3.05, 3.63) is 0 Å². The summed E-state index contributed by atoms with van der Waals surface area (Å²) in [7, 11) is 2.07. The van der Waals surface area contributed by atoms with Gasteiger partial charge in [-0.15, -0.1) is 0 Å². The lowest BCUT2D eigenvalue weighted by molar-refractivity contribution is -0.158. The van der Waals surface area contributed by atoms with E-state index < -0.39 is 28.8 Å². The second-order valence-corrected chi connectivity index (χ2v) is 2.58. The molecule has 0 aromatic rings. The Bertz CT molecular complexity index is 313. The van der Waals surface area contributed by atoms with Gasteiger partial charge in [-0.3, -0.25) is 14.4 Å². The van der Waals surface area contributed by atoms with Crippen LogP contribution in [-0.2, 0) is 24.0 Å². The van der Waals surface area contributed by atoms with Crippen LogP contribution >= 0.6 is 11.6 Å². The van der Waals surface area contributed by atoms with E-state index in [1.165, 1.54) is 0 Å². The molecule has 15 heavy (non-hydrogen) atoms. The third kappa shape index (κ3) is 3.55. The number of rotatable bonds is 5. The van der Waals surface area contributed by atoms with E-state index in [0.29, 0.717) is 0 Å². The molecule has 7 nitrogen and oxygen atoms in total. The highest BCUT2D eigenvalue weighted by molar-refractivity contribution is 6.84. The normalized spacial score (nSPS) is 12.9. The first kappa shape index (κ1) is 13.4. The Hall–Kier alpha value is -1.63. The quantitative estimate of drug-likeness (QED) is 0.303. The Morgan fingerprint density at radius 1 is 1.33 bits per heavy atom. The minimum Gasteiger partial charge on any atom is -0.480 e. The number of aliphatic carboxylic acids is 1. The molecule has 0 amide bonds. The number of carboxylic acid groups (broad SMARTS) is 1. The van der Waals surface area contributed by atoms with Gasteiger partial charge in [0, 0.05) is 0 Å². The van der Waals surface area contributed by atoms with E-state index in [9.17, 15) is 14.4 Å². The summed E-state index contributed by atoms with van der Waals surface area (Å²) in [5.74, 6) is -6.12. The van der Waals surface area contributed by atoms with E-state index in [0.717, 1.165) is 14.2 Å². The van der Waals surface area contributed by atoms with Crippen LogP contribution in [0.5, 0.6) is 0 Å². The zero-order valence-electron chi connectivity index (χ0n) is 7.89. The summed E-state index contributed by atoms with van der Waals surface area (Å²) in [6.45, 7) is 0. The molecule has 0 fully saturated rings. The van der Waals surface area contributed by atoms with Crippen molar-refractivity contribution in [2.45, 2.75) is 0 Å². The van der Waals surface area contributed by atoms with Gasteiger partial charge in [0.05, 0.1) is 7.11 Å². The van der Waals surface area contributed by atoms with E-state index in [4.69, 9.17) is 16.7 Å². The maximum Gasteiger partial charge on any atom is 0.328 e. The highest BCUT2D eigenvalue weighted by Gasteiger charge is 2.37. The molecule has 0 aromatic carbocycles. The highest BCUT2D eigenvalue weighted by atomic mass is 35.5. The number of carbonyl (C=O) groups excluding carboxylic acids is 2. The van der Waals surface area contributed by atoms with Gasteiger partial charge >= 0.3 is 11.9 Å². The van der Waals surface area contributed by atoms with Crippen LogP contribution in [-0.4, -0.2) is 42.2 Å². The first-order valence-corrected chi connectivity index (χ1v) is 3.95. The van der Waals surface area contributed by atoms with Crippen molar-refractivity contribution >= 4 is 34.5 Å². The monoisotopic (exact) mass is 237 g/mol. The molecule has 0 aliphatic heterocycles. The second-order valence-electron chi connectivity index (χ2n) is 2.22. The van der Waals surface area contributed by atoms with Gasteiger partial charge in [-0.25, -0.2) is 0 Å². The molecule has 0 bridgehead atoms. The smallest absolute Gasteiger partial charge is 0.328 e. The Morgan fingerprint density at radius 2 is 1.87 bits per heavy atom. The van der Waals surface area contributed by atoms with Gasteiger partial charge in [-0.2, -0.15) is 0 Å². The molecule has 0 radical (unpaired) electrons. The average molecular weight is 238 g/mol. The molecular formula is C7H8ClNO6. The maximum atomic E-state index is 11.3. The van der Waals surface area contributed by atoms with Crippen molar-refractivity contribution in [2.24, 2.45) is 11.1 Å². The average Bonchev–Trinajstić information content (AvgIpc) is 2.17. The first-order valence-electron chi connectivity index (χ1n) is 3.57. The van der Waals surface area contributed by atoms with E-state index in [2.05, 4.69) is 14.7 Å². The van der Waals surface area contributed by atoms with Crippen molar-refractivity contribution in [1.29, 1.82) is 0 Å². The van der Waals surface area contributed by atoms with Crippen molar-refractivity contribution in [3.63, 3.8) is 0 Å². The van der Waals surface area contributed by atoms with Crippen LogP contribution < -0.4 is 0 Å². The lowest BCUT2D eigenvalue weighted by Gasteiger charge is -2.06. The first-order chi connectivity index (χ1) is 6.95. The van der Waals surface area contributed by atoms with Gasteiger partial charge in [0.15, 0.2) is 0 Å². The van der Waals surface area contributed by atoms with Gasteiger partial charge < -0.3 is 14.7 Å². The number of esters is 1. The number of nitrogens with zero attached hydrogens (tertiary/aromatic N) is 1. The Kier molecular flexibility index (Phi) is 5.32. The van der Waals surface area contributed by atoms with Crippen LogP contribution in [0.15, 0.2) is 5.16 Å². The van der Waals surface area contributed by atoms with Crippen molar-refractivity contribution in [2.75, 3.05) is 14.2 Å². The Labute approximate surface area is 89.6 Å². The minimum absolute atomic E-state index is 0.740. The molecule has 1 N–H and O–H groups in total. The fourth-order valence-electron chi connectivity index (χ4n) is 0.682. The zero-order valence-corrected chi connectivity index (χ0v) is 8.65. The molecule has 0 saturated carbocycles. The van der Waals surface area contributed by atoms with E-state index in [1.54, 1.807) is 0 Å². The SMILES string of the molecule is CO/N=C(/Cl)C(=O)[C@@H](C(=O)O)C(=O)OC. The number of hydrogen-bond acceptors (Lipinski definition) is 6.